The Labute approximate surface area is 294 Å². The van der Waals surface area contributed by atoms with E-state index in [0.29, 0.717) is 17.5 Å². The second-order valence-corrected chi connectivity index (χ2v) is 12.9. The molecule has 0 bridgehead atoms. The molecule has 0 fully saturated rings. The summed E-state index contributed by atoms with van der Waals surface area (Å²) in [6.45, 7) is 0. The summed E-state index contributed by atoms with van der Waals surface area (Å²) in [5.74, 6) is 1.83. The molecule has 0 N–H and O–H groups in total. The zero-order valence-corrected chi connectivity index (χ0v) is 27.5. The van der Waals surface area contributed by atoms with E-state index >= 15 is 0 Å². The van der Waals surface area contributed by atoms with Crippen molar-refractivity contribution in [2.75, 3.05) is 0 Å². The van der Waals surface area contributed by atoms with Crippen molar-refractivity contribution in [2.24, 2.45) is 0 Å². The van der Waals surface area contributed by atoms with Gasteiger partial charge in [-0.15, -0.1) is 0 Å². The summed E-state index contributed by atoms with van der Waals surface area (Å²) >= 11 is 0. The van der Waals surface area contributed by atoms with E-state index in [9.17, 15) is 0 Å². The third-order valence-corrected chi connectivity index (χ3v) is 9.65. The molecule has 0 saturated carbocycles. The van der Waals surface area contributed by atoms with Gasteiger partial charge in [0.2, 0.25) is 0 Å². The predicted octanol–water partition coefficient (Wildman–Crippen LogP) is 12.4. The van der Waals surface area contributed by atoms with Crippen LogP contribution in [0.4, 0.5) is 0 Å². The van der Waals surface area contributed by atoms with Crippen LogP contribution in [0.2, 0.25) is 0 Å². The summed E-state index contributed by atoms with van der Waals surface area (Å²) in [5.41, 5.74) is 8.80. The summed E-state index contributed by atoms with van der Waals surface area (Å²) < 4.78 is 6.71. The quantitative estimate of drug-likeness (QED) is 0.186. The van der Waals surface area contributed by atoms with Gasteiger partial charge in [0.15, 0.2) is 17.5 Å². The zero-order chi connectivity index (χ0) is 33.7. The molecule has 51 heavy (non-hydrogen) atoms. The first-order valence-corrected chi connectivity index (χ1v) is 17.1. The number of fused-ring (bicyclic) bond motifs is 5. The van der Waals surface area contributed by atoms with E-state index in [0.717, 1.165) is 60.7 Å². The molecule has 4 nitrogen and oxygen atoms in total. The van der Waals surface area contributed by atoms with E-state index in [1.54, 1.807) is 0 Å². The number of furan rings is 1. The topological polar surface area (TPSA) is 51.8 Å². The van der Waals surface area contributed by atoms with Gasteiger partial charge in [-0.3, -0.25) is 0 Å². The van der Waals surface area contributed by atoms with Gasteiger partial charge < -0.3 is 4.42 Å². The lowest BCUT2D eigenvalue weighted by Gasteiger charge is -2.12. The fraction of sp³-hybridized carbons (Fsp3) is 0. The smallest absolute Gasteiger partial charge is 0.164 e. The molecule has 8 aromatic carbocycles. The predicted molar refractivity (Wildman–Crippen MR) is 209 cm³/mol. The van der Waals surface area contributed by atoms with Gasteiger partial charge in [-0.2, -0.15) is 0 Å². The summed E-state index contributed by atoms with van der Waals surface area (Å²) in [6.07, 6.45) is 0. The van der Waals surface area contributed by atoms with Gasteiger partial charge in [-0.25, -0.2) is 15.0 Å². The molecule has 10 rings (SSSR count). The molecule has 2 aromatic heterocycles. The van der Waals surface area contributed by atoms with Gasteiger partial charge in [0.25, 0.3) is 0 Å². The van der Waals surface area contributed by atoms with Crippen molar-refractivity contribution < 1.29 is 4.42 Å². The minimum atomic E-state index is 0.585. The van der Waals surface area contributed by atoms with Crippen LogP contribution in [0, 0.1) is 0 Å². The Morgan fingerprint density at radius 2 is 0.843 bits per heavy atom. The van der Waals surface area contributed by atoms with Crippen LogP contribution in [0.25, 0.3) is 99.9 Å². The zero-order valence-electron chi connectivity index (χ0n) is 27.5. The molecule has 0 radical (unpaired) electrons. The highest BCUT2D eigenvalue weighted by Gasteiger charge is 2.19. The van der Waals surface area contributed by atoms with Crippen molar-refractivity contribution in [2.45, 2.75) is 0 Å². The van der Waals surface area contributed by atoms with Gasteiger partial charge in [-0.1, -0.05) is 140 Å². The molecular formula is C47H29N3O. The number of hydrogen-bond donors (Lipinski definition) is 0. The molecular weight excluding hydrogens is 623 g/mol. The first kappa shape index (κ1) is 29.0. The van der Waals surface area contributed by atoms with Crippen molar-refractivity contribution in [3.63, 3.8) is 0 Å². The van der Waals surface area contributed by atoms with E-state index in [1.165, 1.54) is 21.7 Å². The number of nitrogens with zero attached hydrogens (tertiary/aromatic N) is 3. The van der Waals surface area contributed by atoms with Crippen LogP contribution in [0.1, 0.15) is 0 Å². The normalized spacial score (nSPS) is 11.5. The standard InChI is InChI=1S/C47H29N3O/c1-3-13-31(14-4-1)45-48-46(32-15-5-2-6-16-32)50-47(49-45)39-27-40(44-41-26-35-18-9-10-19-36(35)28-42(41)51-43(44)29-39)38-21-11-20-34(25-38)37-23-22-30-12-7-8-17-33(30)24-37/h1-29H. The lowest BCUT2D eigenvalue weighted by atomic mass is 9.93. The lowest BCUT2D eigenvalue weighted by Crippen LogP contribution is -2.00. The fourth-order valence-corrected chi connectivity index (χ4v) is 7.12. The van der Waals surface area contributed by atoms with E-state index in [4.69, 9.17) is 19.4 Å². The van der Waals surface area contributed by atoms with Crippen LogP contribution in [-0.4, -0.2) is 15.0 Å². The van der Waals surface area contributed by atoms with Crippen LogP contribution >= 0.6 is 0 Å². The Morgan fingerprint density at radius 1 is 0.314 bits per heavy atom. The van der Waals surface area contributed by atoms with Crippen LogP contribution < -0.4 is 0 Å². The Balaban J connectivity index is 1.23. The Kier molecular flexibility index (Phi) is 6.78. The molecule has 0 atom stereocenters. The van der Waals surface area contributed by atoms with Gasteiger partial charge in [-0.05, 0) is 80.2 Å². The monoisotopic (exact) mass is 651 g/mol. The maximum Gasteiger partial charge on any atom is 0.164 e. The van der Waals surface area contributed by atoms with Gasteiger partial charge in [0, 0.05) is 27.5 Å². The average Bonchev–Trinajstić information content (AvgIpc) is 3.57. The van der Waals surface area contributed by atoms with Gasteiger partial charge in [0.1, 0.15) is 11.2 Å². The van der Waals surface area contributed by atoms with E-state index in [1.807, 2.05) is 60.7 Å². The minimum absolute atomic E-state index is 0.585. The Morgan fingerprint density at radius 3 is 1.53 bits per heavy atom. The molecule has 0 spiro atoms. The maximum absolute atomic E-state index is 6.71. The first-order chi connectivity index (χ1) is 25.2. The van der Waals surface area contributed by atoms with E-state index in [2.05, 4.69) is 115 Å². The number of aromatic nitrogens is 3. The highest BCUT2D eigenvalue weighted by molar-refractivity contribution is 6.16. The molecule has 0 unspecified atom stereocenters. The van der Waals surface area contributed by atoms with Crippen LogP contribution in [0.15, 0.2) is 180 Å². The van der Waals surface area contributed by atoms with Crippen molar-refractivity contribution in [3.8, 4) is 56.4 Å². The second kappa shape index (κ2) is 11.9. The Hall–Kier alpha value is -6.91. The first-order valence-electron chi connectivity index (χ1n) is 17.1. The van der Waals surface area contributed by atoms with Crippen molar-refractivity contribution in [1.82, 2.24) is 15.0 Å². The van der Waals surface area contributed by atoms with E-state index in [-0.39, 0.29) is 0 Å². The maximum atomic E-state index is 6.71. The third-order valence-electron chi connectivity index (χ3n) is 9.65. The summed E-state index contributed by atoms with van der Waals surface area (Å²) in [6, 6.07) is 61.2. The van der Waals surface area contributed by atoms with Crippen molar-refractivity contribution in [3.05, 3.63) is 176 Å². The van der Waals surface area contributed by atoms with Crippen LogP contribution in [0.3, 0.4) is 0 Å². The largest absolute Gasteiger partial charge is 0.456 e. The molecule has 4 heteroatoms. The molecule has 238 valence electrons. The minimum Gasteiger partial charge on any atom is -0.456 e. The highest BCUT2D eigenvalue weighted by atomic mass is 16.3. The molecule has 0 aliphatic heterocycles. The van der Waals surface area contributed by atoms with Crippen molar-refractivity contribution in [1.29, 1.82) is 0 Å². The molecule has 0 aliphatic carbocycles. The molecule has 0 saturated heterocycles. The molecule has 0 amide bonds. The molecule has 2 heterocycles. The summed E-state index contributed by atoms with van der Waals surface area (Å²) in [7, 11) is 0. The molecule has 0 aliphatic rings. The van der Waals surface area contributed by atoms with Gasteiger partial charge >= 0.3 is 0 Å². The number of benzene rings is 8. The van der Waals surface area contributed by atoms with Crippen molar-refractivity contribution >= 4 is 43.5 Å². The van der Waals surface area contributed by atoms with E-state index < -0.39 is 0 Å². The molecule has 10 aromatic rings. The number of rotatable bonds is 5. The van der Waals surface area contributed by atoms with Gasteiger partial charge in [0.05, 0.1) is 0 Å². The summed E-state index contributed by atoms with van der Waals surface area (Å²) in [4.78, 5) is 15.1. The third kappa shape index (κ3) is 5.22. The highest BCUT2D eigenvalue weighted by Crippen LogP contribution is 2.42. The SMILES string of the molecule is c1ccc(-c2nc(-c3ccccc3)nc(-c3cc(-c4cccc(-c5ccc6ccccc6c5)c4)c4c(c3)oc3cc5ccccc5cc34)n2)cc1. The average molecular weight is 652 g/mol. The lowest BCUT2D eigenvalue weighted by molar-refractivity contribution is 0.669. The second-order valence-electron chi connectivity index (χ2n) is 12.9. The summed E-state index contributed by atoms with van der Waals surface area (Å²) in [5, 5.41) is 6.90. The van der Waals surface area contributed by atoms with Crippen LogP contribution in [0.5, 0.6) is 0 Å². The Bertz CT molecular complexity index is 2860. The number of hydrogen-bond acceptors (Lipinski definition) is 4. The van der Waals surface area contributed by atoms with Crippen LogP contribution in [-0.2, 0) is 0 Å². The fourth-order valence-electron chi connectivity index (χ4n) is 7.12.